The molecule has 28 heavy (non-hydrogen) atoms. The molecule has 0 aliphatic carbocycles. The number of rotatable bonds is 8. The van der Waals surface area contributed by atoms with Gasteiger partial charge in [0.1, 0.15) is 5.60 Å². The van der Waals surface area contributed by atoms with Gasteiger partial charge in [-0.3, -0.25) is 0 Å². The lowest BCUT2D eigenvalue weighted by Crippen LogP contribution is -2.43. The number of hydrogen-bond acceptors (Lipinski definition) is 5. The van der Waals surface area contributed by atoms with Crippen molar-refractivity contribution in [3.8, 4) is 0 Å². The second-order valence-corrected chi connectivity index (χ2v) is 8.74. The average molecular weight is 412 g/mol. The Hall–Kier alpha value is -1.50. The molecular weight excluding hydrogens is 378 g/mol. The lowest BCUT2D eigenvalue weighted by Gasteiger charge is -2.33. The van der Waals surface area contributed by atoms with Crippen molar-refractivity contribution in [1.29, 1.82) is 0 Å². The largest absolute Gasteiger partial charge is 0.444 e. The van der Waals surface area contributed by atoms with E-state index in [1.54, 1.807) is 0 Å². The summed E-state index contributed by atoms with van der Waals surface area (Å²) >= 11 is 5.59. The molecule has 7 heteroatoms. The molecule has 1 amide bonds. The van der Waals surface area contributed by atoms with E-state index in [1.165, 1.54) is 5.56 Å². The number of hydrogen-bond donors (Lipinski definition) is 3. The zero-order valence-corrected chi connectivity index (χ0v) is 18.0. The highest BCUT2D eigenvalue weighted by Gasteiger charge is 2.26. The molecule has 1 aliphatic rings. The summed E-state index contributed by atoms with van der Waals surface area (Å²) in [6, 6.07) is 8.18. The minimum Gasteiger partial charge on any atom is -0.444 e. The molecule has 0 spiro atoms. The number of aliphatic hydroxyl groups is 1. The quantitative estimate of drug-likeness (QED) is 0.571. The molecule has 1 fully saturated rings. The lowest BCUT2D eigenvalue weighted by molar-refractivity contribution is 0.0184. The predicted octanol–water partition coefficient (Wildman–Crippen LogP) is 3.43. The molecule has 2 rings (SSSR count). The zero-order chi connectivity index (χ0) is 20.6. The fraction of sp³-hybridized carbons (Fsp3) is 0.667. The highest BCUT2D eigenvalue weighted by Crippen LogP contribution is 2.19. The molecule has 1 atom stereocenters. The molecule has 1 aromatic rings. The Morgan fingerprint density at radius 2 is 1.93 bits per heavy atom. The Morgan fingerprint density at radius 3 is 2.50 bits per heavy atom. The molecule has 1 heterocycles. The van der Waals surface area contributed by atoms with Crippen LogP contribution in [0.4, 0.5) is 10.5 Å². The van der Waals surface area contributed by atoms with E-state index in [0.29, 0.717) is 12.5 Å². The Bertz CT molecular complexity index is 596. The monoisotopic (exact) mass is 411 g/mol. The molecular formula is C21H34ClN3O3. The number of amides is 1. The summed E-state index contributed by atoms with van der Waals surface area (Å²) in [5.74, 6) is 0.808. The zero-order valence-electron chi connectivity index (χ0n) is 17.2. The van der Waals surface area contributed by atoms with E-state index in [0.717, 1.165) is 44.7 Å². The third-order valence-electron chi connectivity index (χ3n) is 4.70. The smallest absolute Gasteiger partial charge is 0.410 e. The normalized spacial score (nSPS) is 16.7. The summed E-state index contributed by atoms with van der Waals surface area (Å²) in [5, 5.41) is 16.2. The first kappa shape index (κ1) is 22.8. The average Bonchev–Trinajstić information content (AvgIpc) is 2.66. The number of halogens is 1. The number of nitrogens with zero attached hydrogens (tertiary/aromatic N) is 1. The summed E-state index contributed by atoms with van der Waals surface area (Å²) in [4.78, 5) is 13.9. The van der Waals surface area contributed by atoms with Crippen molar-refractivity contribution < 1.29 is 14.6 Å². The van der Waals surface area contributed by atoms with Crippen LogP contribution in [0.3, 0.4) is 0 Å². The van der Waals surface area contributed by atoms with E-state index >= 15 is 0 Å². The number of carbonyl (C=O) groups excluding carboxylic acids is 1. The first-order valence-electron chi connectivity index (χ1n) is 10.0. The highest BCUT2D eigenvalue weighted by molar-refractivity contribution is 6.18. The summed E-state index contributed by atoms with van der Waals surface area (Å²) < 4.78 is 5.44. The molecule has 0 saturated carbocycles. The molecule has 0 bridgehead atoms. The summed E-state index contributed by atoms with van der Waals surface area (Å²) in [5.41, 5.74) is 1.75. The second-order valence-electron chi connectivity index (χ2n) is 8.43. The first-order chi connectivity index (χ1) is 13.3. The van der Waals surface area contributed by atoms with Crippen molar-refractivity contribution in [3.63, 3.8) is 0 Å². The van der Waals surface area contributed by atoms with Crippen molar-refractivity contribution in [3.05, 3.63) is 29.8 Å². The van der Waals surface area contributed by atoms with Gasteiger partial charge in [-0.05, 0) is 63.8 Å². The highest BCUT2D eigenvalue weighted by atomic mass is 35.5. The number of aliphatic hydroxyl groups excluding tert-OH is 1. The van der Waals surface area contributed by atoms with Crippen molar-refractivity contribution in [2.24, 2.45) is 5.92 Å². The Kier molecular flexibility index (Phi) is 8.86. The maximum atomic E-state index is 12.1. The summed E-state index contributed by atoms with van der Waals surface area (Å²) in [6.45, 7) is 9.42. The van der Waals surface area contributed by atoms with Crippen molar-refractivity contribution in [1.82, 2.24) is 10.2 Å². The van der Waals surface area contributed by atoms with Gasteiger partial charge in [-0.1, -0.05) is 12.1 Å². The van der Waals surface area contributed by atoms with Gasteiger partial charge in [-0.25, -0.2) is 4.79 Å². The second kappa shape index (κ2) is 10.9. The SMILES string of the molecule is CC(C)(C)OC(=O)N1CCC(CNCc2ccc(NCC(O)CCl)cc2)CC1. The summed E-state index contributed by atoms with van der Waals surface area (Å²) in [7, 11) is 0. The van der Waals surface area contributed by atoms with Crippen LogP contribution in [0.5, 0.6) is 0 Å². The number of nitrogens with one attached hydrogen (secondary N) is 2. The van der Waals surface area contributed by atoms with Gasteiger partial charge in [-0.15, -0.1) is 11.6 Å². The fourth-order valence-electron chi connectivity index (χ4n) is 3.10. The molecule has 3 N–H and O–H groups in total. The van der Waals surface area contributed by atoms with Crippen LogP contribution in [0.1, 0.15) is 39.2 Å². The van der Waals surface area contributed by atoms with Crippen molar-refractivity contribution in [2.75, 3.05) is 37.4 Å². The van der Waals surface area contributed by atoms with Crippen LogP contribution >= 0.6 is 11.6 Å². The van der Waals surface area contributed by atoms with Crippen LogP contribution in [-0.4, -0.2) is 59.9 Å². The van der Waals surface area contributed by atoms with E-state index in [4.69, 9.17) is 16.3 Å². The molecule has 0 aromatic heterocycles. The minimum atomic E-state index is -0.537. The van der Waals surface area contributed by atoms with Crippen molar-refractivity contribution in [2.45, 2.75) is 51.9 Å². The molecule has 1 unspecified atom stereocenters. The van der Waals surface area contributed by atoms with E-state index in [9.17, 15) is 9.90 Å². The van der Waals surface area contributed by atoms with Crippen LogP contribution in [0, 0.1) is 5.92 Å². The van der Waals surface area contributed by atoms with Gasteiger partial charge in [0.25, 0.3) is 0 Å². The maximum Gasteiger partial charge on any atom is 0.410 e. The van der Waals surface area contributed by atoms with Crippen LogP contribution in [-0.2, 0) is 11.3 Å². The van der Waals surface area contributed by atoms with Gasteiger partial charge in [0.2, 0.25) is 0 Å². The van der Waals surface area contributed by atoms with Gasteiger partial charge in [0.05, 0.1) is 12.0 Å². The molecule has 158 valence electrons. The standard InChI is InChI=1S/C21H34ClN3O3/c1-21(2,3)28-20(27)25-10-8-17(9-11-25)14-23-13-16-4-6-18(7-5-16)24-15-19(26)12-22/h4-7,17,19,23-24,26H,8-15H2,1-3H3. The van der Waals surface area contributed by atoms with Gasteiger partial charge in [0.15, 0.2) is 0 Å². The number of likely N-dealkylation sites (tertiary alicyclic amines) is 1. The van der Waals surface area contributed by atoms with Gasteiger partial charge < -0.3 is 25.4 Å². The topological polar surface area (TPSA) is 73.8 Å². The van der Waals surface area contributed by atoms with E-state index in [-0.39, 0.29) is 12.0 Å². The van der Waals surface area contributed by atoms with Crippen LogP contribution in [0.2, 0.25) is 0 Å². The predicted molar refractivity (Wildman–Crippen MR) is 114 cm³/mol. The van der Waals surface area contributed by atoms with E-state index in [2.05, 4.69) is 22.8 Å². The molecule has 1 aromatic carbocycles. The third-order valence-corrected chi connectivity index (χ3v) is 5.06. The van der Waals surface area contributed by atoms with Crippen LogP contribution in [0.15, 0.2) is 24.3 Å². The number of alkyl halides is 1. The van der Waals surface area contributed by atoms with Crippen molar-refractivity contribution >= 4 is 23.4 Å². The minimum absolute atomic E-state index is 0.203. The van der Waals surface area contributed by atoms with E-state index in [1.807, 2.05) is 37.8 Å². The third kappa shape index (κ3) is 8.25. The Balaban J connectivity index is 1.64. The molecule has 1 saturated heterocycles. The Morgan fingerprint density at radius 1 is 1.29 bits per heavy atom. The lowest BCUT2D eigenvalue weighted by atomic mass is 9.97. The number of piperidine rings is 1. The van der Waals surface area contributed by atoms with Gasteiger partial charge in [0, 0.05) is 31.9 Å². The number of anilines is 1. The van der Waals surface area contributed by atoms with Gasteiger partial charge in [-0.2, -0.15) is 0 Å². The Labute approximate surface area is 173 Å². The number of ether oxygens (including phenoxy) is 1. The first-order valence-corrected chi connectivity index (χ1v) is 10.6. The molecule has 6 nitrogen and oxygen atoms in total. The maximum absolute atomic E-state index is 12.1. The molecule has 0 radical (unpaired) electrons. The summed E-state index contributed by atoms with van der Waals surface area (Å²) in [6.07, 6.45) is 1.26. The molecule has 1 aliphatic heterocycles. The fourth-order valence-corrected chi connectivity index (χ4v) is 3.21. The van der Waals surface area contributed by atoms with Gasteiger partial charge >= 0.3 is 6.09 Å². The van der Waals surface area contributed by atoms with Crippen LogP contribution in [0.25, 0.3) is 0 Å². The number of benzene rings is 1. The van der Waals surface area contributed by atoms with E-state index < -0.39 is 11.7 Å². The number of carbonyl (C=O) groups is 1. The van der Waals surface area contributed by atoms with Crippen LogP contribution < -0.4 is 10.6 Å².